The van der Waals surface area contributed by atoms with Gasteiger partial charge in [0.2, 0.25) is 5.95 Å². The summed E-state index contributed by atoms with van der Waals surface area (Å²) < 4.78 is 0. The molecule has 0 spiro atoms. The van der Waals surface area contributed by atoms with E-state index in [9.17, 15) is 0 Å². The van der Waals surface area contributed by atoms with Gasteiger partial charge in [0, 0.05) is 10.6 Å². The molecule has 0 saturated heterocycles. The highest BCUT2D eigenvalue weighted by atomic mass is 32.1. The molecule has 2 aromatic rings. The highest BCUT2D eigenvalue weighted by Crippen LogP contribution is 2.34. The van der Waals surface area contributed by atoms with Gasteiger partial charge in [-0.05, 0) is 49.3 Å². The Labute approximate surface area is 116 Å². The van der Waals surface area contributed by atoms with Crippen LogP contribution in [0, 0.1) is 18.3 Å². The Morgan fingerprint density at radius 3 is 3.21 bits per heavy atom. The minimum atomic E-state index is 0.267. The van der Waals surface area contributed by atoms with E-state index in [0.717, 1.165) is 12.1 Å². The summed E-state index contributed by atoms with van der Waals surface area (Å²) in [7, 11) is 0. The molecule has 0 bridgehead atoms. The number of aryl methyl sites for hydroxylation is 2. The molecule has 1 atom stereocenters. The van der Waals surface area contributed by atoms with Gasteiger partial charge in [0.05, 0.1) is 6.04 Å². The summed E-state index contributed by atoms with van der Waals surface area (Å²) in [5, 5.41) is 14.5. The van der Waals surface area contributed by atoms with Crippen molar-refractivity contribution in [1.82, 2.24) is 9.97 Å². The summed E-state index contributed by atoms with van der Waals surface area (Å²) in [4.78, 5) is 10.0. The summed E-state index contributed by atoms with van der Waals surface area (Å²) in [5.41, 5.74) is 2.59. The van der Waals surface area contributed by atoms with E-state index in [4.69, 9.17) is 5.26 Å². The first-order valence-electron chi connectivity index (χ1n) is 6.35. The molecule has 19 heavy (non-hydrogen) atoms. The van der Waals surface area contributed by atoms with Gasteiger partial charge < -0.3 is 5.32 Å². The Morgan fingerprint density at radius 1 is 1.47 bits per heavy atom. The second-order valence-electron chi connectivity index (χ2n) is 4.72. The molecular formula is C14H14N4S. The van der Waals surface area contributed by atoms with Crippen LogP contribution in [0.2, 0.25) is 0 Å². The van der Waals surface area contributed by atoms with Crippen molar-refractivity contribution in [3.05, 3.63) is 39.3 Å². The van der Waals surface area contributed by atoms with Crippen molar-refractivity contribution < 1.29 is 0 Å². The number of hydrogen-bond donors (Lipinski definition) is 1. The summed E-state index contributed by atoms with van der Waals surface area (Å²) in [6, 6.07) is 6.21. The van der Waals surface area contributed by atoms with Gasteiger partial charge >= 0.3 is 0 Å². The zero-order chi connectivity index (χ0) is 13.2. The molecule has 0 aliphatic heterocycles. The topological polar surface area (TPSA) is 61.6 Å². The van der Waals surface area contributed by atoms with Crippen molar-refractivity contribution in [3.8, 4) is 6.07 Å². The summed E-state index contributed by atoms with van der Waals surface area (Å²) in [6.07, 6.45) is 3.44. The Balaban J connectivity index is 1.87. The van der Waals surface area contributed by atoms with Crippen LogP contribution in [0.3, 0.4) is 0 Å². The molecule has 0 radical (unpaired) electrons. The number of nitrogens with zero attached hydrogens (tertiary/aromatic N) is 3. The van der Waals surface area contributed by atoms with Crippen molar-refractivity contribution in [2.75, 3.05) is 5.32 Å². The number of nitrogens with one attached hydrogen (secondary N) is 1. The van der Waals surface area contributed by atoms with Crippen LogP contribution in [0.15, 0.2) is 17.5 Å². The first kappa shape index (κ1) is 12.1. The number of thiophene rings is 1. The first-order valence-corrected chi connectivity index (χ1v) is 7.23. The fourth-order valence-electron chi connectivity index (χ4n) is 2.48. The molecule has 3 rings (SSSR count). The molecule has 2 aromatic heterocycles. The van der Waals surface area contributed by atoms with E-state index in [1.54, 1.807) is 6.07 Å². The highest BCUT2D eigenvalue weighted by Gasteiger charge is 2.21. The number of hydrogen-bond acceptors (Lipinski definition) is 5. The molecule has 1 aliphatic carbocycles. The molecule has 1 N–H and O–H groups in total. The third kappa shape index (κ3) is 2.45. The lowest BCUT2D eigenvalue weighted by Crippen LogP contribution is -2.17. The fraction of sp³-hybridized carbons (Fsp3) is 0.357. The Morgan fingerprint density at radius 2 is 2.37 bits per heavy atom. The maximum Gasteiger partial charge on any atom is 0.224 e. The van der Waals surface area contributed by atoms with Crippen molar-refractivity contribution in [3.63, 3.8) is 0 Å². The van der Waals surface area contributed by atoms with Crippen molar-refractivity contribution >= 4 is 17.3 Å². The van der Waals surface area contributed by atoms with Gasteiger partial charge in [-0.2, -0.15) is 5.26 Å². The Kier molecular flexibility index (Phi) is 3.18. The number of aromatic nitrogens is 2. The van der Waals surface area contributed by atoms with Crippen LogP contribution in [0.5, 0.6) is 0 Å². The van der Waals surface area contributed by atoms with Crippen molar-refractivity contribution in [2.45, 2.75) is 32.2 Å². The molecule has 4 nitrogen and oxygen atoms in total. The normalized spacial score (nSPS) is 17.6. The smallest absolute Gasteiger partial charge is 0.224 e. The maximum absolute atomic E-state index is 8.95. The lowest BCUT2D eigenvalue weighted by atomic mass is 9.94. The second kappa shape index (κ2) is 4.98. The van der Waals surface area contributed by atoms with Crippen LogP contribution in [-0.4, -0.2) is 9.97 Å². The average molecular weight is 270 g/mol. The van der Waals surface area contributed by atoms with Crippen LogP contribution in [0.1, 0.15) is 40.7 Å². The van der Waals surface area contributed by atoms with Crippen LogP contribution < -0.4 is 5.32 Å². The van der Waals surface area contributed by atoms with Crippen LogP contribution in [0.4, 0.5) is 5.95 Å². The summed E-state index contributed by atoms with van der Waals surface area (Å²) in [6.45, 7) is 1.88. The summed E-state index contributed by atoms with van der Waals surface area (Å²) >= 11 is 1.82. The zero-order valence-corrected chi connectivity index (χ0v) is 11.5. The highest BCUT2D eigenvalue weighted by molar-refractivity contribution is 7.10. The zero-order valence-electron chi connectivity index (χ0n) is 10.7. The summed E-state index contributed by atoms with van der Waals surface area (Å²) in [5.74, 6) is 0.556. The molecule has 1 aliphatic rings. The number of rotatable bonds is 2. The van der Waals surface area contributed by atoms with E-state index in [0.29, 0.717) is 11.6 Å². The van der Waals surface area contributed by atoms with Crippen LogP contribution in [0.25, 0.3) is 0 Å². The quantitative estimate of drug-likeness (QED) is 0.910. The third-order valence-electron chi connectivity index (χ3n) is 3.32. The minimum Gasteiger partial charge on any atom is -0.347 e. The van der Waals surface area contributed by atoms with Gasteiger partial charge in [-0.25, -0.2) is 9.97 Å². The van der Waals surface area contributed by atoms with E-state index in [1.807, 2.05) is 18.3 Å². The molecule has 5 heteroatoms. The predicted octanol–water partition coefficient (Wildman–Crippen LogP) is 3.21. The third-order valence-corrected chi connectivity index (χ3v) is 4.32. The lowest BCUT2D eigenvalue weighted by molar-refractivity contribution is 0.604. The van der Waals surface area contributed by atoms with Crippen LogP contribution >= 0.6 is 11.3 Å². The Bertz CT molecular complexity index is 641. The monoisotopic (exact) mass is 270 g/mol. The van der Waals surface area contributed by atoms with Crippen molar-refractivity contribution in [1.29, 1.82) is 5.26 Å². The van der Waals surface area contributed by atoms with Gasteiger partial charge in [-0.15, -0.1) is 11.3 Å². The maximum atomic E-state index is 8.95. The van der Waals surface area contributed by atoms with Gasteiger partial charge in [0.1, 0.15) is 11.8 Å². The van der Waals surface area contributed by atoms with E-state index in [2.05, 4.69) is 32.8 Å². The molecule has 1 unspecified atom stereocenters. The fourth-order valence-corrected chi connectivity index (χ4v) is 3.47. The first-order chi connectivity index (χ1) is 9.26. The van der Waals surface area contributed by atoms with Gasteiger partial charge in [-0.1, -0.05) is 0 Å². The number of nitriles is 1. The molecule has 96 valence electrons. The van der Waals surface area contributed by atoms with Crippen molar-refractivity contribution in [2.24, 2.45) is 0 Å². The van der Waals surface area contributed by atoms with E-state index < -0.39 is 0 Å². The van der Waals surface area contributed by atoms with Crippen LogP contribution in [-0.2, 0) is 6.42 Å². The SMILES string of the molecule is Cc1cc(C#N)nc(NC2CCCc3sccc32)n1. The standard InChI is InChI=1S/C14H14N4S/c1-9-7-10(8-15)17-14(16-9)18-12-3-2-4-13-11(12)5-6-19-13/h5-7,12H,2-4H2,1H3,(H,16,17,18). The van der Waals surface area contributed by atoms with Gasteiger partial charge in [0.25, 0.3) is 0 Å². The Hall–Kier alpha value is -1.93. The number of fused-ring (bicyclic) bond motifs is 1. The predicted molar refractivity (Wildman–Crippen MR) is 75.1 cm³/mol. The second-order valence-corrected chi connectivity index (χ2v) is 5.72. The molecule has 2 heterocycles. The van der Waals surface area contributed by atoms with E-state index >= 15 is 0 Å². The molecule has 0 saturated carbocycles. The van der Waals surface area contributed by atoms with E-state index in [1.165, 1.54) is 23.3 Å². The molecular weight excluding hydrogens is 256 g/mol. The lowest BCUT2D eigenvalue weighted by Gasteiger charge is -2.23. The molecule has 0 fully saturated rings. The average Bonchev–Trinajstić information content (AvgIpc) is 2.87. The number of anilines is 1. The molecule has 0 aromatic carbocycles. The van der Waals surface area contributed by atoms with Gasteiger partial charge in [-0.3, -0.25) is 0 Å². The van der Waals surface area contributed by atoms with Gasteiger partial charge in [0.15, 0.2) is 0 Å². The van der Waals surface area contributed by atoms with E-state index in [-0.39, 0.29) is 6.04 Å². The largest absolute Gasteiger partial charge is 0.347 e. The molecule has 0 amide bonds. The minimum absolute atomic E-state index is 0.267.